The van der Waals surface area contributed by atoms with Gasteiger partial charge in [0.1, 0.15) is 11.2 Å². The summed E-state index contributed by atoms with van der Waals surface area (Å²) in [5.74, 6) is 0. The van der Waals surface area contributed by atoms with Crippen molar-refractivity contribution in [3.63, 3.8) is 0 Å². The van der Waals surface area contributed by atoms with E-state index in [1.54, 1.807) is 0 Å². The number of para-hydroxylation sites is 2. The highest BCUT2D eigenvalue weighted by atomic mass is 16.4. The molecule has 4 nitrogen and oxygen atoms in total. The molecule has 0 unspecified atom stereocenters. The molecule has 2 heterocycles. The van der Waals surface area contributed by atoms with E-state index >= 15 is 0 Å². The lowest BCUT2D eigenvalue weighted by molar-refractivity contribution is 0.634. The molecule has 0 radical (unpaired) electrons. The van der Waals surface area contributed by atoms with Crippen LogP contribution in [0.25, 0.3) is 87.7 Å². The maximum atomic E-state index is 7.24. The molecule has 0 spiro atoms. The number of rotatable bonds is 8. The van der Waals surface area contributed by atoms with Crippen LogP contribution < -0.4 is 9.80 Å². The van der Waals surface area contributed by atoms with Gasteiger partial charge >= 0.3 is 0 Å². The first-order chi connectivity index (χ1) is 35.2. The van der Waals surface area contributed by atoms with Gasteiger partial charge in [0.15, 0.2) is 11.2 Å². The van der Waals surface area contributed by atoms with Crippen LogP contribution in [0, 0.1) is 41.5 Å². The summed E-state index contributed by atoms with van der Waals surface area (Å²) >= 11 is 0. The molecule has 11 aromatic carbocycles. The predicted molar refractivity (Wildman–Crippen MR) is 305 cm³/mol. The Balaban J connectivity index is 1.07. The van der Waals surface area contributed by atoms with Gasteiger partial charge in [0.2, 0.25) is 0 Å². The van der Waals surface area contributed by atoms with E-state index in [0.29, 0.717) is 0 Å². The van der Waals surface area contributed by atoms with Gasteiger partial charge in [0.25, 0.3) is 0 Å². The summed E-state index contributed by atoms with van der Waals surface area (Å²) < 4.78 is 14.5. The second kappa shape index (κ2) is 16.9. The summed E-state index contributed by atoms with van der Waals surface area (Å²) in [7, 11) is 0. The lowest BCUT2D eigenvalue weighted by Gasteiger charge is -2.29. The van der Waals surface area contributed by atoms with Crippen molar-refractivity contribution in [3.8, 4) is 22.3 Å². The minimum Gasteiger partial charge on any atom is -0.452 e. The summed E-state index contributed by atoms with van der Waals surface area (Å²) in [5.41, 5.74) is 21.8. The summed E-state index contributed by atoms with van der Waals surface area (Å²) in [6.07, 6.45) is 0. The Bertz CT molecular complexity index is 4020. The largest absolute Gasteiger partial charge is 0.452 e. The van der Waals surface area contributed by atoms with Gasteiger partial charge in [0.05, 0.1) is 0 Å². The van der Waals surface area contributed by atoms with E-state index in [0.717, 1.165) is 122 Å². The quantitative estimate of drug-likeness (QED) is 0.152. The summed E-state index contributed by atoms with van der Waals surface area (Å²) in [6.45, 7) is 13.2. The Labute approximate surface area is 419 Å². The van der Waals surface area contributed by atoms with E-state index in [2.05, 4.69) is 258 Å². The predicted octanol–water partition coefficient (Wildman–Crippen LogP) is 19.9. The average Bonchev–Trinajstić information content (AvgIpc) is 3.96. The van der Waals surface area contributed by atoms with Crippen LogP contribution in [0.4, 0.5) is 34.1 Å². The average molecular weight is 929 g/mol. The van der Waals surface area contributed by atoms with Crippen LogP contribution in [0.2, 0.25) is 0 Å². The molecule has 4 heteroatoms. The Morgan fingerprint density at radius 1 is 0.306 bits per heavy atom. The number of nitrogens with zero attached hydrogens (tertiary/aromatic N) is 2. The van der Waals surface area contributed by atoms with E-state index in [9.17, 15) is 0 Å². The molecule has 0 aliphatic rings. The Morgan fingerprint density at radius 3 is 1.10 bits per heavy atom. The topological polar surface area (TPSA) is 32.8 Å². The number of hydrogen-bond acceptors (Lipinski definition) is 4. The van der Waals surface area contributed by atoms with Crippen molar-refractivity contribution in [2.75, 3.05) is 9.80 Å². The molecular weight excluding hydrogens is 877 g/mol. The van der Waals surface area contributed by atoms with Gasteiger partial charge in [-0.15, -0.1) is 0 Å². The fraction of sp³-hybridized carbons (Fsp3) is 0.0882. The maximum absolute atomic E-state index is 7.24. The van der Waals surface area contributed by atoms with Crippen LogP contribution in [0.3, 0.4) is 0 Å². The third-order valence-corrected chi connectivity index (χ3v) is 15.2. The monoisotopic (exact) mass is 928 g/mol. The van der Waals surface area contributed by atoms with Crippen molar-refractivity contribution < 1.29 is 8.83 Å². The van der Waals surface area contributed by atoms with Gasteiger partial charge in [-0.05, 0) is 180 Å². The van der Waals surface area contributed by atoms with Crippen molar-refractivity contribution in [3.05, 3.63) is 240 Å². The SMILES string of the molecule is Cc1ccccc1N(c1ccc2cc3c(cc2c1)oc1c2oc4cc5cc(N(c6ccccc6C)c6cccc(C)c6C)ccc5cc4c2c(-c2ccccc2)c(-c2ccccc2)c31)c1cccc(C)c1C. The molecule has 0 saturated carbocycles. The van der Waals surface area contributed by atoms with Crippen LogP contribution in [0.1, 0.15) is 33.4 Å². The van der Waals surface area contributed by atoms with Crippen molar-refractivity contribution in [1.29, 1.82) is 0 Å². The lowest BCUT2D eigenvalue weighted by Crippen LogP contribution is -2.13. The molecule has 0 atom stereocenters. The fourth-order valence-electron chi connectivity index (χ4n) is 11.2. The molecule has 0 aliphatic heterocycles. The van der Waals surface area contributed by atoms with E-state index in [1.165, 1.54) is 33.4 Å². The molecule has 2 aromatic heterocycles. The van der Waals surface area contributed by atoms with Crippen molar-refractivity contribution in [1.82, 2.24) is 0 Å². The van der Waals surface area contributed by atoms with Crippen LogP contribution in [0.5, 0.6) is 0 Å². The first-order valence-electron chi connectivity index (χ1n) is 24.9. The molecule has 72 heavy (non-hydrogen) atoms. The zero-order chi connectivity index (χ0) is 48.8. The standard InChI is InChI=1S/C68H52N2O2/c1-41-21-17-29-59(45(41)5)69(57-27-15-13-19-43(57)3)53-33-31-49-37-55-61(39-51(49)35-53)71-67-65(55)63(47-23-9-7-10-24-47)64(48-25-11-8-12-26-48)66-56-38-50-32-34-54(36-52(50)40-62(56)72-68(66)67)70(58-28-16-14-20-44(58)4)60-30-18-22-42(2)46(60)6/h7-40H,1-6H3. The third-order valence-electron chi connectivity index (χ3n) is 15.2. The second-order valence-electron chi connectivity index (χ2n) is 19.5. The summed E-state index contributed by atoms with van der Waals surface area (Å²) in [4.78, 5) is 4.79. The molecule has 0 bridgehead atoms. The maximum Gasteiger partial charge on any atom is 0.179 e. The Hall–Kier alpha value is -8.86. The number of anilines is 6. The van der Waals surface area contributed by atoms with Gasteiger partial charge in [0, 0.05) is 66.8 Å². The van der Waals surface area contributed by atoms with Gasteiger partial charge in [-0.1, -0.05) is 133 Å². The van der Waals surface area contributed by atoms with Gasteiger partial charge in [-0.2, -0.15) is 0 Å². The molecule has 13 aromatic rings. The van der Waals surface area contributed by atoms with Crippen LogP contribution in [-0.4, -0.2) is 0 Å². The first kappa shape index (κ1) is 43.2. The van der Waals surface area contributed by atoms with Crippen LogP contribution in [-0.2, 0) is 0 Å². The zero-order valence-corrected chi connectivity index (χ0v) is 41.3. The molecule has 0 saturated heterocycles. The summed E-state index contributed by atoms with van der Waals surface area (Å²) in [5, 5.41) is 8.63. The molecule has 13 rings (SSSR count). The second-order valence-corrected chi connectivity index (χ2v) is 19.5. The van der Waals surface area contributed by atoms with E-state index in [1.807, 2.05) is 0 Å². The van der Waals surface area contributed by atoms with Crippen LogP contribution >= 0.6 is 0 Å². The number of aryl methyl sites for hydroxylation is 4. The minimum atomic E-state index is 0.743. The minimum absolute atomic E-state index is 0.743. The fourth-order valence-corrected chi connectivity index (χ4v) is 11.2. The number of benzene rings is 11. The molecule has 0 N–H and O–H groups in total. The van der Waals surface area contributed by atoms with Crippen molar-refractivity contribution in [2.45, 2.75) is 41.5 Å². The Morgan fingerprint density at radius 2 is 0.681 bits per heavy atom. The van der Waals surface area contributed by atoms with Gasteiger partial charge in [-0.25, -0.2) is 0 Å². The van der Waals surface area contributed by atoms with E-state index in [-0.39, 0.29) is 0 Å². The van der Waals surface area contributed by atoms with E-state index < -0.39 is 0 Å². The zero-order valence-electron chi connectivity index (χ0n) is 41.3. The molecule has 0 fully saturated rings. The molecular formula is C68H52N2O2. The summed E-state index contributed by atoms with van der Waals surface area (Å²) in [6, 6.07) is 74.8. The smallest absolute Gasteiger partial charge is 0.179 e. The highest BCUT2D eigenvalue weighted by Gasteiger charge is 2.28. The van der Waals surface area contributed by atoms with Gasteiger partial charge < -0.3 is 18.6 Å². The normalized spacial score (nSPS) is 11.8. The lowest BCUT2D eigenvalue weighted by atomic mass is 9.87. The number of hydrogen-bond donors (Lipinski definition) is 0. The molecule has 0 amide bonds. The highest BCUT2D eigenvalue weighted by Crippen LogP contribution is 2.52. The number of furan rings is 2. The highest BCUT2D eigenvalue weighted by molar-refractivity contribution is 6.31. The van der Waals surface area contributed by atoms with Crippen molar-refractivity contribution >= 4 is 99.5 Å². The van der Waals surface area contributed by atoms with Crippen molar-refractivity contribution in [2.24, 2.45) is 0 Å². The third kappa shape index (κ3) is 6.89. The number of fused-ring (bicyclic) bond motifs is 9. The molecule has 0 aliphatic carbocycles. The van der Waals surface area contributed by atoms with Crippen LogP contribution in [0.15, 0.2) is 215 Å². The van der Waals surface area contributed by atoms with E-state index in [4.69, 9.17) is 8.83 Å². The molecule has 346 valence electrons. The Kier molecular flexibility index (Phi) is 10.2. The van der Waals surface area contributed by atoms with Gasteiger partial charge in [-0.3, -0.25) is 0 Å². The first-order valence-corrected chi connectivity index (χ1v) is 24.9.